The number of alkyl halides is 3. The first-order valence-electron chi connectivity index (χ1n) is 7.63. The van der Waals surface area contributed by atoms with Crippen LogP contribution in [0.2, 0.25) is 0 Å². The zero-order chi connectivity index (χ0) is 16.6. The molecule has 0 aromatic heterocycles. The van der Waals surface area contributed by atoms with Crippen LogP contribution < -0.4 is 0 Å². The van der Waals surface area contributed by atoms with Crippen molar-refractivity contribution in [1.29, 1.82) is 0 Å². The van der Waals surface area contributed by atoms with E-state index in [1.165, 1.54) is 0 Å². The average molecular weight is 345 g/mol. The molecule has 0 spiro atoms. The molecule has 2 unspecified atom stereocenters. The molecule has 0 bridgehead atoms. The van der Waals surface area contributed by atoms with Crippen molar-refractivity contribution in [1.82, 2.24) is 4.90 Å². The maximum atomic E-state index is 12.7. The molecule has 3 nitrogen and oxygen atoms in total. The highest BCUT2D eigenvalue weighted by atomic mass is 32.2. The summed E-state index contributed by atoms with van der Waals surface area (Å²) in [5.41, 5.74) is 1.01. The zero-order valence-corrected chi connectivity index (χ0v) is 13.2. The number of aliphatic hydroxyl groups is 1. The van der Waals surface area contributed by atoms with E-state index in [2.05, 4.69) is 0 Å². The van der Waals surface area contributed by atoms with Crippen LogP contribution in [0.15, 0.2) is 29.2 Å². The fourth-order valence-electron chi connectivity index (χ4n) is 3.29. The Morgan fingerprint density at radius 2 is 1.91 bits per heavy atom. The molecule has 2 aliphatic rings. The Labute approximate surface area is 136 Å². The Balaban J connectivity index is 1.62. The van der Waals surface area contributed by atoms with Crippen molar-refractivity contribution in [2.75, 3.05) is 18.8 Å². The van der Waals surface area contributed by atoms with Gasteiger partial charge in [-0.25, -0.2) is 0 Å². The number of likely N-dealkylation sites (tertiary alicyclic amines) is 1. The summed E-state index contributed by atoms with van der Waals surface area (Å²) in [5, 5.41) is 9.35. The van der Waals surface area contributed by atoms with Crippen LogP contribution in [0, 0.1) is 5.92 Å². The average Bonchev–Trinajstić information content (AvgIpc) is 2.97. The lowest BCUT2D eigenvalue weighted by Gasteiger charge is -2.35. The van der Waals surface area contributed by atoms with Gasteiger partial charge in [0.1, 0.15) is 0 Å². The Kier molecular flexibility index (Phi) is 4.60. The van der Waals surface area contributed by atoms with Gasteiger partial charge in [-0.05, 0) is 30.4 Å². The molecular weight excluding hydrogens is 327 g/mol. The van der Waals surface area contributed by atoms with Gasteiger partial charge >= 0.3 is 6.18 Å². The van der Waals surface area contributed by atoms with Crippen LogP contribution in [-0.2, 0) is 4.79 Å². The number of piperidine rings is 1. The molecule has 1 aromatic rings. The maximum absolute atomic E-state index is 12.7. The molecule has 3 rings (SSSR count). The number of thioether (sulfide) groups is 1. The lowest BCUT2D eigenvalue weighted by molar-refractivity contribution is -0.222. The first-order chi connectivity index (χ1) is 10.9. The molecule has 7 heteroatoms. The standard InChI is InChI=1S/C16H18F3NO2S/c17-16(18,19)14(21)10-5-7-20(8-6-10)15(22)12-9-23-13-4-2-1-3-11(12)13/h1-4,10,12,14,21H,5-9H2. The molecule has 0 saturated carbocycles. The van der Waals surface area contributed by atoms with E-state index in [-0.39, 0.29) is 37.8 Å². The molecule has 2 atom stereocenters. The summed E-state index contributed by atoms with van der Waals surface area (Å²) in [6.45, 7) is 0.556. The SMILES string of the molecule is O=C(C1CSc2ccccc21)N1CCC(C(O)C(F)(F)F)CC1. The van der Waals surface area contributed by atoms with Crippen LogP contribution in [0.1, 0.15) is 24.3 Å². The van der Waals surface area contributed by atoms with Crippen LogP contribution >= 0.6 is 11.8 Å². The third-order valence-electron chi connectivity index (χ3n) is 4.63. The quantitative estimate of drug-likeness (QED) is 0.896. The monoisotopic (exact) mass is 345 g/mol. The minimum Gasteiger partial charge on any atom is -0.383 e. The lowest BCUT2D eigenvalue weighted by Crippen LogP contribution is -2.46. The fraction of sp³-hybridized carbons (Fsp3) is 0.562. The second-order valence-electron chi connectivity index (χ2n) is 6.05. The first kappa shape index (κ1) is 16.6. The Bertz CT molecular complexity index is 585. The van der Waals surface area contributed by atoms with Crippen LogP contribution in [0.3, 0.4) is 0 Å². The minimum atomic E-state index is -4.59. The van der Waals surface area contributed by atoms with Gasteiger partial charge in [0.25, 0.3) is 0 Å². The molecule has 1 saturated heterocycles. The number of hydrogen-bond donors (Lipinski definition) is 1. The van der Waals surface area contributed by atoms with Gasteiger partial charge in [0.15, 0.2) is 6.10 Å². The molecule has 2 aliphatic heterocycles. The van der Waals surface area contributed by atoms with Crippen LogP contribution in [0.5, 0.6) is 0 Å². The van der Waals surface area contributed by atoms with Gasteiger partial charge in [0, 0.05) is 23.7 Å². The Morgan fingerprint density at radius 3 is 2.57 bits per heavy atom. The van der Waals surface area contributed by atoms with Gasteiger partial charge in [-0.15, -0.1) is 11.8 Å². The fourth-order valence-corrected chi connectivity index (χ4v) is 4.51. The largest absolute Gasteiger partial charge is 0.414 e. The van der Waals surface area contributed by atoms with Crippen molar-refractivity contribution in [3.8, 4) is 0 Å². The second kappa shape index (κ2) is 6.36. The minimum absolute atomic E-state index is 0.0117. The Hall–Kier alpha value is -1.21. The van der Waals surface area contributed by atoms with Crippen LogP contribution in [0.25, 0.3) is 0 Å². The predicted molar refractivity (Wildman–Crippen MR) is 81.3 cm³/mol. The van der Waals surface area contributed by atoms with E-state index in [1.54, 1.807) is 16.7 Å². The highest BCUT2D eigenvalue weighted by Gasteiger charge is 2.45. The summed E-state index contributed by atoms with van der Waals surface area (Å²) in [6.07, 6.45) is -6.50. The summed E-state index contributed by atoms with van der Waals surface area (Å²) in [5.74, 6) is -0.351. The van der Waals surface area contributed by atoms with Crippen molar-refractivity contribution >= 4 is 17.7 Å². The van der Waals surface area contributed by atoms with Crippen molar-refractivity contribution in [2.45, 2.75) is 35.9 Å². The van der Waals surface area contributed by atoms with Crippen LogP contribution in [-0.4, -0.2) is 47.0 Å². The molecule has 1 aromatic carbocycles. The highest BCUT2D eigenvalue weighted by Crippen LogP contribution is 2.41. The number of hydrogen-bond acceptors (Lipinski definition) is 3. The first-order valence-corrected chi connectivity index (χ1v) is 8.62. The predicted octanol–water partition coefficient (Wildman–Crippen LogP) is 3.04. The number of amides is 1. The van der Waals surface area contributed by atoms with E-state index in [0.717, 1.165) is 10.5 Å². The zero-order valence-electron chi connectivity index (χ0n) is 12.4. The van der Waals surface area contributed by atoms with Gasteiger partial charge in [-0.3, -0.25) is 4.79 Å². The van der Waals surface area contributed by atoms with E-state index < -0.39 is 18.2 Å². The number of fused-ring (bicyclic) bond motifs is 1. The normalized spacial score (nSPS) is 23.7. The molecule has 1 amide bonds. The number of rotatable bonds is 2. The van der Waals surface area contributed by atoms with E-state index in [9.17, 15) is 23.1 Å². The van der Waals surface area contributed by atoms with Crippen molar-refractivity contribution < 1.29 is 23.1 Å². The van der Waals surface area contributed by atoms with E-state index in [4.69, 9.17) is 0 Å². The van der Waals surface area contributed by atoms with E-state index >= 15 is 0 Å². The van der Waals surface area contributed by atoms with Gasteiger partial charge in [0.2, 0.25) is 5.91 Å². The molecule has 0 aliphatic carbocycles. The van der Waals surface area contributed by atoms with Crippen molar-refractivity contribution in [2.24, 2.45) is 5.92 Å². The van der Waals surface area contributed by atoms with Gasteiger partial charge < -0.3 is 10.0 Å². The summed E-state index contributed by atoms with van der Waals surface area (Å²) in [4.78, 5) is 15.4. The number of halogens is 3. The number of carbonyl (C=O) groups is 1. The smallest absolute Gasteiger partial charge is 0.383 e. The van der Waals surface area contributed by atoms with Gasteiger partial charge in [-0.1, -0.05) is 18.2 Å². The number of aliphatic hydroxyl groups excluding tert-OH is 1. The molecule has 2 heterocycles. The molecular formula is C16H18F3NO2S. The van der Waals surface area contributed by atoms with Gasteiger partial charge in [0.05, 0.1) is 5.92 Å². The third kappa shape index (κ3) is 3.35. The van der Waals surface area contributed by atoms with Crippen LogP contribution in [0.4, 0.5) is 13.2 Å². The highest BCUT2D eigenvalue weighted by molar-refractivity contribution is 7.99. The number of benzene rings is 1. The van der Waals surface area contributed by atoms with Crippen molar-refractivity contribution in [3.63, 3.8) is 0 Å². The topological polar surface area (TPSA) is 40.5 Å². The number of carbonyl (C=O) groups excluding carboxylic acids is 1. The second-order valence-corrected chi connectivity index (χ2v) is 7.11. The molecule has 0 radical (unpaired) electrons. The summed E-state index contributed by atoms with van der Waals surface area (Å²) < 4.78 is 37.7. The van der Waals surface area contributed by atoms with E-state index in [0.29, 0.717) is 5.75 Å². The summed E-state index contributed by atoms with van der Waals surface area (Å²) in [6, 6.07) is 7.76. The molecule has 126 valence electrons. The molecule has 1 N–H and O–H groups in total. The Morgan fingerprint density at radius 1 is 1.26 bits per heavy atom. The maximum Gasteiger partial charge on any atom is 0.414 e. The molecule has 23 heavy (non-hydrogen) atoms. The third-order valence-corrected chi connectivity index (χ3v) is 5.81. The molecule has 1 fully saturated rings. The number of nitrogens with zero attached hydrogens (tertiary/aromatic N) is 1. The summed E-state index contributed by atoms with van der Waals surface area (Å²) in [7, 11) is 0. The van der Waals surface area contributed by atoms with Gasteiger partial charge in [-0.2, -0.15) is 13.2 Å². The van der Waals surface area contributed by atoms with E-state index in [1.807, 2.05) is 24.3 Å². The van der Waals surface area contributed by atoms with Crippen molar-refractivity contribution in [3.05, 3.63) is 29.8 Å². The lowest BCUT2D eigenvalue weighted by atomic mass is 9.90. The summed E-state index contributed by atoms with van der Waals surface area (Å²) >= 11 is 1.64.